The van der Waals surface area contributed by atoms with E-state index in [-0.39, 0.29) is 0 Å². The first-order chi connectivity index (χ1) is 17.7. The third-order valence-corrected chi connectivity index (χ3v) is 8.32. The van der Waals surface area contributed by atoms with Gasteiger partial charge in [-0.05, 0) is 80.0 Å². The maximum absolute atomic E-state index is 9.73. The summed E-state index contributed by atoms with van der Waals surface area (Å²) in [6.45, 7) is 4.54. The van der Waals surface area contributed by atoms with Crippen LogP contribution >= 0.6 is 0 Å². The maximum Gasteiger partial charge on any atom is 0.143 e. The Balaban J connectivity index is 1.43. The SMILES string of the molecule is CCCCCCCCCc1ccc(C2CCC(c3ccc(CCCCCCC)cc3)CC2)nc1C#N. The van der Waals surface area contributed by atoms with Crippen LogP contribution in [0.1, 0.15) is 156 Å². The summed E-state index contributed by atoms with van der Waals surface area (Å²) in [4.78, 5) is 4.85. The van der Waals surface area contributed by atoms with Gasteiger partial charge < -0.3 is 0 Å². The Kier molecular flexibility index (Phi) is 13.1. The van der Waals surface area contributed by atoms with Crippen LogP contribution in [0.2, 0.25) is 0 Å². The van der Waals surface area contributed by atoms with Crippen LogP contribution in [-0.2, 0) is 12.8 Å². The molecule has 3 rings (SSSR count). The zero-order valence-corrected chi connectivity index (χ0v) is 23.2. The first-order valence-corrected chi connectivity index (χ1v) is 15.2. The lowest BCUT2D eigenvalue weighted by atomic mass is 9.77. The topological polar surface area (TPSA) is 36.7 Å². The third-order valence-electron chi connectivity index (χ3n) is 8.32. The molecule has 2 aromatic rings. The van der Waals surface area contributed by atoms with Gasteiger partial charge in [-0.25, -0.2) is 4.98 Å². The van der Waals surface area contributed by atoms with Crippen molar-refractivity contribution < 1.29 is 0 Å². The maximum atomic E-state index is 9.73. The van der Waals surface area contributed by atoms with Crippen molar-refractivity contribution in [2.24, 2.45) is 0 Å². The number of aromatic nitrogens is 1. The summed E-state index contributed by atoms with van der Waals surface area (Å²) in [6.07, 6.45) is 22.9. The second kappa shape index (κ2) is 16.6. The first-order valence-electron chi connectivity index (χ1n) is 15.2. The van der Waals surface area contributed by atoms with Crippen molar-refractivity contribution in [3.8, 4) is 6.07 Å². The van der Waals surface area contributed by atoms with Crippen molar-refractivity contribution in [1.29, 1.82) is 5.26 Å². The molecule has 1 aliphatic carbocycles. The quantitative estimate of drug-likeness (QED) is 0.221. The highest BCUT2D eigenvalue weighted by molar-refractivity contribution is 5.34. The Morgan fingerprint density at radius 1 is 0.667 bits per heavy atom. The van der Waals surface area contributed by atoms with E-state index in [0.29, 0.717) is 17.5 Å². The Morgan fingerprint density at radius 3 is 1.83 bits per heavy atom. The van der Waals surface area contributed by atoms with Crippen molar-refractivity contribution in [2.75, 3.05) is 0 Å². The number of hydrogen-bond donors (Lipinski definition) is 0. The van der Waals surface area contributed by atoms with E-state index in [9.17, 15) is 5.26 Å². The van der Waals surface area contributed by atoms with E-state index in [0.717, 1.165) is 17.7 Å². The highest BCUT2D eigenvalue weighted by Gasteiger charge is 2.25. The van der Waals surface area contributed by atoms with Crippen molar-refractivity contribution in [3.05, 3.63) is 64.5 Å². The number of hydrogen-bond acceptors (Lipinski definition) is 2. The minimum absolute atomic E-state index is 0.503. The standard InChI is InChI=1S/C34H50N2/c1-3-5-7-9-10-12-14-16-31-25-26-33(36-34(31)27-35)32-23-21-30(22-24-32)29-19-17-28(18-20-29)15-13-11-8-6-4-2/h17-20,25-26,30,32H,3-16,21-24H2,1-2H3. The van der Waals surface area contributed by atoms with Crippen molar-refractivity contribution in [3.63, 3.8) is 0 Å². The van der Waals surface area contributed by atoms with Gasteiger partial charge in [0.2, 0.25) is 0 Å². The Bertz CT molecular complexity index is 900. The van der Waals surface area contributed by atoms with E-state index in [1.165, 1.54) is 120 Å². The Hall–Kier alpha value is -2.14. The number of benzene rings is 1. The van der Waals surface area contributed by atoms with Gasteiger partial charge in [0, 0.05) is 11.6 Å². The molecule has 0 amide bonds. The molecule has 1 aromatic heterocycles. The van der Waals surface area contributed by atoms with E-state index in [2.05, 4.69) is 56.3 Å². The highest BCUT2D eigenvalue weighted by atomic mass is 14.7. The second-order valence-corrected chi connectivity index (χ2v) is 11.2. The molecule has 0 aliphatic heterocycles. The summed E-state index contributed by atoms with van der Waals surface area (Å²) in [6, 6.07) is 16.3. The van der Waals surface area contributed by atoms with Crippen LogP contribution in [-0.4, -0.2) is 4.98 Å². The molecule has 1 heterocycles. The Morgan fingerprint density at radius 2 is 1.22 bits per heavy atom. The molecule has 0 N–H and O–H groups in total. The van der Waals surface area contributed by atoms with Crippen LogP contribution in [0.3, 0.4) is 0 Å². The predicted octanol–water partition coefficient (Wildman–Crippen LogP) is 10.2. The Labute approximate surface area is 221 Å². The molecule has 0 spiro atoms. The van der Waals surface area contributed by atoms with E-state index in [4.69, 9.17) is 4.98 Å². The van der Waals surface area contributed by atoms with Gasteiger partial charge >= 0.3 is 0 Å². The lowest BCUT2D eigenvalue weighted by Gasteiger charge is -2.29. The van der Waals surface area contributed by atoms with Crippen LogP contribution in [0.25, 0.3) is 0 Å². The van der Waals surface area contributed by atoms with Crippen LogP contribution in [0.4, 0.5) is 0 Å². The second-order valence-electron chi connectivity index (χ2n) is 11.2. The molecule has 0 bridgehead atoms. The van der Waals surface area contributed by atoms with Gasteiger partial charge in [0.05, 0.1) is 0 Å². The molecule has 1 fully saturated rings. The zero-order chi connectivity index (χ0) is 25.4. The molecule has 0 unspecified atom stereocenters. The van der Waals surface area contributed by atoms with E-state index < -0.39 is 0 Å². The molecule has 0 atom stereocenters. The minimum Gasteiger partial charge on any atom is -0.242 e. The molecule has 2 nitrogen and oxygen atoms in total. The molecule has 36 heavy (non-hydrogen) atoms. The fourth-order valence-electron chi connectivity index (χ4n) is 5.91. The van der Waals surface area contributed by atoms with Crippen LogP contribution in [0.15, 0.2) is 36.4 Å². The van der Waals surface area contributed by atoms with Gasteiger partial charge in [-0.3, -0.25) is 0 Å². The molecule has 1 aromatic carbocycles. The zero-order valence-electron chi connectivity index (χ0n) is 23.2. The summed E-state index contributed by atoms with van der Waals surface area (Å²) in [5.41, 5.74) is 5.97. The summed E-state index contributed by atoms with van der Waals surface area (Å²) in [5, 5.41) is 9.73. The number of aryl methyl sites for hydroxylation is 2. The van der Waals surface area contributed by atoms with Gasteiger partial charge in [0.15, 0.2) is 0 Å². The van der Waals surface area contributed by atoms with Gasteiger partial charge in [0.1, 0.15) is 11.8 Å². The van der Waals surface area contributed by atoms with Gasteiger partial charge in [0.25, 0.3) is 0 Å². The predicted molar refractivity (Wildman–Crippen MR) is 154 cm³/mol. The number of rotatable bonds is 16. The number of unbranched alkanes of at least 4 members (excludes halogenated alkanes) is 10. The summed E-state index contributed by atoms with van der Waals surface area (Å²) in [5.74, 6) is 1.18. The van der Waals surface area contributed by atoms with Crippen molar-refractivity contribution in [1.82, 2.24) is 4.98 Å². The van der Waals surface area contributed by atoms with Gasteiger partial charge in [-0.2, -0.15) is 5.26 Å². The van der Waals surface area contributed by atoms with E-state index >= 15 is 0 Å². The molecule has 2 heteroatoms. The molecule has 0 saturated heterocycles. The number of nitrogens with zero attached hydrogens (tertiary/aromatic N) is 2. The normalized spacial score (nSPS) is 17.7. The molecule has 1 aliphatic rings. The van der Waals surface area contributed by atoms with E-state index in [1.54, 1.807) is 0 Å². The van der Waals surface area contributed by atoms with Crippen LogP contribution < -0.4 is 0 Å². The highest BCUT2D eigenvalue weighted by Crippen LogP contribution is 2.40. The van der Waals surface area contributed by atoms with Crippen LogP contribution in [0.5, 0.6) is 0 Å². The lowest BCUT2D eigenvalue weighted by Crippen LogP contribution is -2.14. The number of pyridine rings is 1. The van der Waals surface area contributed by atoms with Crippen molar-refractivity contribution in [2.45, 2.75) is 141 Å². The molecule has 1 saturated carbocycles. The minimum atomic E-state index is 0.503. The van der Waals surface area contributed by atoms with Crippen LogP contribution in [0, 0.1) is 11.3 Å². The average molecular weight is 487 g/mol. The smallest absolute Gasteiger partial charge is 0.143 e. The van der Waals surface area contributed by atoms with Gasteiger partial charge in [-0.1, -0.05) is 108 Å². The molecular weight excluding hydrogens is 436 g/mol. The number of nitriles is 1. The van der Waals surface area contributed by atoms with Gasteiger partial charge in [-0.15, -0.1) is 0 Å². The fourth-order valence-corrected chi connectivity index (χ4v) is 5.91. The first kappa shape index (κ1) is 28.4. The lowest BCUT2D eigenvalue weighted by molar-refractivity contribution is 0.391. The summed E-state index contributed by atoms with van der Waals surface area (Å²) < 4.78 is 0. The van der Waals surface area contributed by atoms with Crippen molar-refractivity contribution >= 4 is 0 Å². The summed E-state index contributed by atoms with van der Waals surface area (Å²) >= 11 is 0. The average Bonchev–Trinajstić information content (AvgIpc) is 2.93. The fraction of sp³-hybridized carbons (Fsp3) is 0.647. The molecule has 196 valence electrons. The largest absolute Gasteiger partial charge is 0.242 e. The molecular formula is C34H50N2. The van der Waals surface area contributed by atoms with E-state index in [1.807, 2.05) is 0 Å². The third kappa shape index (κ3) is 9.38. The molecule has 0 radical (unpaired) electrons. The summed E-state index contributed by atoms with van der Waals surface area (Å²) in [7, 11) is 0. The monoisotopic (exact) mass is 486 g/mol.